The van der Waals surface area contributed by atoms with Crippen molar-refractivity contribution in [3.05, 3.63) is 35.9 Å². The second-order valence-corrected chi connectivity index (χ2v) is 4.74. The highest BCUT2D eigenvalue weighted by Crippen LogP contribution is 2.34. The van der Waals surface area contributed by atoms with Crippen molar-refractivity contribution in [2.75, 3.05) is 0 Å². The summed E-state index contributed by atoms with van der Waals surface area (Å²) in [4.78, 5) is 35.4. The van der Waals surface area contributed by atoms with Gasteiger partial charge in [0.15, 0.2) is 0 Å². The number of carbonyl (C=O) groups is 3. The van der Waals surface area contributed by atoms with Gasteiger partial charge in [-0.3, -0.25) is 19.8 Å². The van der Waals surface area contributed by atoms with Crippen LogP contribution < -0.4 is 10.6 Å². The van der Waals surface area contributed by atoms with Crippen LogP contribution in [-0.4, -0.2) is 34.6 Å². The van der Waals surface area contributed by atoms with Crippen molar-refractivity contribution in [1.82, 2.24) is 15.5 Å². The number of hydrogen-bond donors (Lipinski definition) is 2. The first kappa shape index (κ1) is 15.8. The van der Waals surface area contributed by atoms with Gasteiger partial charge in [-0.2, -0.15) is 13.2 Å². The van der Waals surface area contributed by atoms with Crippen LogP contribution in [0.15, 0.2) is 30.3 Å². The van der Waals surface area contributed by atoms with E-state index in [-0.39, 0.29) is 6.54 Å². The third kappa shape index (κ3) is 2.61. The number of nitrogens with one attached hydrogen (secondary N) is 2. The molecule has 1 aliphatic heterocycles. The number of imide groups is 1. The average molecular weight is 315 g/mol. The predicted molar refractivity (Wildman–Crippen MR) is 68.1 cm³/mol. The first-order chi connectivity index (χ1) is 10.2. The Hall–Kier alpha value is -2.58. The number of amides is 4. The molecule has 0 unspecified atom stereocenters. The van der Waals surface area contributed by atoms with Crippen molar-refractivity contribution in [3.8, 4) is 0 Å². The lowest BCUT2D eigenvalue weighted by Gasteiger charge is -2.29. The van der Waals surface area contributed by atoms with Crippen molar-refractivity contribution in [3.63, 3.8) is 0 Å². The maximum Gasteiger partial charge on any atom is 0.440 e. The summed E-state index contributed by atoms with van der Waals surface area (Å²) in [5.41, 5.74) is -2.95. The van der Waals surface area contributed by atoms with Gasteiger partial charge < -0.3 is 5.32 Å². The summed E-state index contributed by atoms with van der Waals surface area (Å²) in [6, 6.07) is 6.84. The monoisotopic (exact) mass is 315 g/mol. The fourth-order valence-electron chi connectivity index (χ4n) is 2.10. The van der Waals surface area contributed by atoms with Crippen LogP contribution in [0.5, 0.6) is 0 Å². The van der Waals surface area contributed by atoms with Gasteiger partial charge in [0, 0.05) is 6.92 Å². The number of benzene rings is 1. The molecule has 2 rings (SSSR count). The minimum atomic E-state index is -5.17. The molecule has 0 aromatic heterocycles. The van der Waals surface area contributed by atoms with E-state index >= 15 is 0 Å². The summed E-state index contributed by atoms with van der Waals surface area (Å²) in [5.74, 6) is -2.66. The molecule has 1 aliphatic rings. The minimum absolute atomic E-state index is 0.330. The van der Waals surface area contributed by atoms with E-state index in [0.717, 1.165) is 6.92 Å². The summed E-state index contributed by atoms with van der Waals surface area (Å²) in [6.07, 6.45) is -5.17. The highest BCUT2D eigenvalue weighted by atomic mass is 19.4. The summed E-state index contributed by atoms with van der Waals surface area (Å²) < 4.78 is 39.7. The van der Waals surface area contributed by atoms with Crippen LogP contribution in [0.2, 0.25) is 0 Å². The van der Waals surface area contributed by atoms with Crippen LogP contribution in [0.1, 0.15) is 12.5 Å². The molecule has 1 aromatic carbocycles. The molecule has 6 nitrogen and oxygen atoms in total. The first-order valence-corrected chi connectivity index (χ1v) is 6.21. The van der Waals surface area contributed by atoms with E-state index < -0.39 is 29.7 Å². The Morgan fingerprint density at radius 1 is 1.27 bits per heavy atom. The minimum Gasteiger partial charge on any atom is -0.318 e. The van der Waals surface area contributed by atoms with E-state index in [4.69, 9.17) is 0 Å². The topological polar surface area (TPSA) is 78.5 Å². The summed E-state index contributed by atoms with van der Waals surface area (Å²) >= 11 is 0. The number of carbonyl (C=O) groups excluding carboxylic acids is 3. The van der Waals surface area contributed by atoms with Crippen molar-refractivity contribution >= 4 is 17.8 Å². The highest BCUT2D eigenvalue weighted by Gasteiger charge is 2.68. The van der Waals surface area contributed by atoms with Crippen molar-refractivity contribution in [1.29, 1.82) is 0 Å². The Balaban J connectivity index is 2.35. The molecule has 0 saturated carbocycles. The second kappa shape index (κ2) is 5.32. The lowest BCUT2D eigenvalue weighted by Crippen LogP contribution is -2.69. The van der Waals surface area contributed by atoms with E-state index in [1.807, 2.05) is 0 Å². The molecule has 1 heterocycles. The van der Waals surface area contributed by atoms with Gasteiger partial charge in [0.25, 0.3) is 11.6 Å². The second-order valence-electron chi connectivity index (χ2n) is 4.74. The molecule has 22 heavy (non-hydrogen) atoms. The predicted octanol–water partition coefficient (Wildman–Crippen LogP) is 1.13. The van der Waals surface area contributed by atoms with Gasteiger partial charge >= 0.3 is 12.2 Å². The number of halogens is 3. The van der Waals surface area contributed by atoms with E-state index in [1.165, 1.54) is 10.6 Å². The van der Waals surface area contributed by atoms with Crippen LogP contribution in [-0.2, 0) is 16.1 Å². The molecule has 1 saturated heterocycles. The molecule has 1 atom stereocenters. The lowest BCUT2D eigenvalue weighted by atomic mass is 10.1. The average Bonchev–Trinajstić information content (AvgIpc) is 2.64. The maximum atomic E-state index is 13.2. The molecule has 0 aliphatic carbocycles. The van der Waals surface area contributed by atoms with Gasteiger partial charge in [0.1, 0.15) is 0 Å². The van der Waals surface area contributed by atoms with Gasteiger partial charge in [0.2, 0.25) is 5.91 Å². The van der Waals surface area contributed by atoms with E-state index in [2.05, 4.69) is 0 Å². The largest absolute Gasteiger partial charge is 0.440 e. The normalized spacial score (nSPS) is 21.7. The Morgan fingerprint density at radius 3 is 2.36 bits per heavy atom. The van der Waals surface area contributed by atoms with Crippen molar-refractivity contribution in [2.24, 2.45) is 0 Å². The van der Waals surface area contributed by atoms with Crippen molar-refractivity contribution < 1.29 is 27.6 Å². The third-order valence-electron chi connectivity index (χ3n) is 3.08. The molecule has 1 fully saturated rings. The zero-order valence-corrected chi connectivity index (χ0v) is 11.4. The van der Waals surface area contributed by atoms with Gasteiger partial charge in [-0.15, -0.1) is 0 Å². The van der Waals surface area contributed by atoms with Crippen LogP contribution in [0.25, 0.3) is 0 Å². The Morgan fingerprint density at radius 2 is 1.86 bits per heavy atom. The zero-order valence-electron chi connectivity index (χ0n) is 11.4. The van der Waals surface area contributed by atoms with Crippen LogP contribution in [0.3, 0.4) is 0 Å². The first-order valence-electron chi connectivity index (χ1n) is 6.21. The fourth-order valence-corrected chi connectivity index (χ4v) is 2.10. The fraction of sp³-hybridized carbons (Fsp3) is 0.308. The molecular formula is C13H12F3N3O3. The molecule has 1 aromatic rings. The molecule has 0 spiro atoms. The summed E-state index contributed by atoms with van der Waals surface area (Å²) in [7, 11) is 0. The maximum absolute atomic E-state index is 13.2. The third-order valence-corrected chi connectivity index (χ3v) is 3.08. The van der Waals surface area contributed by atoms with Gasteiger partial charge in [0.05, 0.1) is 6.54 Å². The number of rotatable bonds is 3. The molecular weight excluding hydrogens is 303 g/mol. The molecule has 118 valence electrons. The lowest BCUT2D eigenvalue weighted by molar-refractivity contribution is -0.204. The quantitative estimate of drug-likeness (QED) is 0.821. The van der Waals surface area contributed by atoms with Gasteiger partial charge in [-0.1, -0.05) is 30.3 Å². The SMILES string of the molecule is CC(=O)N[C@]1(C(F)(F)F)NC(=O)N(Cc2ccccc2)C1=O. The van der Waals surface area contributed by atoms with E-state index in [1.54, 1.807) is 30.3 Å². The molecule has 9 heteroatoms. The van der Waals surface area contributed by atoms with Crippen LogP contribution in [0.4, 0.5) is 18.0 Å². The number of nitrogens with zero attached hydrogens (tertiary/aromatic N) is 1. The van der Waals surface area contributed by atoms with E-state index in [9.17, 15) is 27.6 Å². The highest BCUT2D eigenvalue weighted by molar-refractivity contribution is 6.08. The number of urea groups is 1. The Labute approximate surface area is 123 Å². The molecule has 0 bridgehead atoms. The van der Waals surface area contributed by atoms with Crippen molar-refractivity contribution in [2.45, 2.75) is 25.3 Å². The van der Waals surface area contributed by atoms with Gasteiger partial charge in [-0.05, 0) is 5.56 Å². The number of alkyl halides is 3. The van der Waals surface area contributed by atoms with Crippen LogP contribution >= 0.6 is 0 Å². The molecule has 0 radical (unpaired) electrons. The summed E-state index contributed by atoms with van der Waals surface area (Å²) in [5, 5.41) is 3.04. The Bertz CT molecular complexity index is 618. The Kier molecular flexibility index (Phi) is 3.82. The number of hydrogen-bond acceptors (Lipinski definition) is 3. The standard InChI is InChI=1S/C13H12F3N3O3/c1-8(20)17-12(13(14,15)16)10(21)19(11(22)18-12)7-9-5-3-2-4-6-9/h2-6H,7H2,1H3,(H,17,20)(H,18,22)/t12-/m0/s1. The van der Waals surface area contributed by atoms with E-state index in [0.29, 0.717) is 10.5 Å². The van der Waals surface area contributed by atoms with Crippen LogP contribution in [0, 0.1) is 0 Å². The van der Waals surface area contributed by atoms with Gasteiger partial charge in [-0.25, -0.2) is 4.79 Å². The zero-order chi connectivity index (χ0) is 16.5. The smallest absolute Gasteiger partial charge is 0.318 e. The summed E-state index contributed by atoms with van der Waals surface area (Å²) in [6.45, 7) is 0.496. The molecule has 2 N–H and O–H groups in total. The molecule has 4 amide bonds.